The van der Waals surface area contributed by atoms with Gasteiger partial charge in [0.15, 0.2) is 22.5 Å². The largest absolute Gasteiger partial charge is 0.479 e. The Bertz CT molecular complexity index is 2370. The third kappa shape index (κ3) is 21.4. The van der Waals surface area contributed by atoms with Crippen LogP contribution in [0.25, 0.3) is 9.69 Å². The van der Waals surface area contributed by atoms with Crippen molar-refractivity contribution in [2.45, 2.75) is 136 Å². The van der Waals surface area contributed by atoms with Gasteiger partial charge < -0.3 is 39.4 Å². The minimum Gasteiger partial charge on any atom is -0.479 e. The van der Waals surface area contributed by atoms with Crippen LogP contribution in [0.2, 0.25) is 0 Å². The fourth-order valence-electron chi connectivity index (χ4n) is 5.71. The number of carboxylic acids is 1. The Balaban J connectivity index is 0.000000471. The van der Waals surface area contributed by atoms with Crippen LogP contribution in [-0.4, -0.2) is 74.7 Å². The molecule has 0 spiro atoms. The first-order valence-electron chi connectivity index (χ1n) is 21.1. The summed E-state index contributed by atoms with van der Waals surface area (Å²) in [5.41, 5.74) is -4.60. The lowest BCUT2D eigenvalue weighted by Crippen LogP contribution is -2.56. The molecule has 3 N–H and O–H groups in total. The van der Waals surface area contributed by atoms with E-state index in [9.17, 15) is 33.9 Å². The van der Waals surface area contributed by atoms with E-state index in [0.717, 1.165) is 23.8 Å². The van der Waals surface area contributed by atoms with Gasteiger partial charge in [0.05, 0.1) is 13.1 Å². The van der Waals surface area contributed by atoms with Crippen LogP contribution in [0, 0.1) is 13.1 Å². The van der Waals surface area contributed by atoms with E-state index in [1.165, 1.54) is 12.1 Å². The SMILES string of the molecule is [C-]#[N+]c1cccc(C[C@@](/C=C/C(=O)OC(C)(C)C)(NC(=O)OC(C)(C)C)C(=O)O)c1.[C-]#[N+]c1cccc(C[C@@](/C=C/C(=O)OC(C)(C)C)(NC(=O)OC(C)(C)C)C(=O)OCc2ccccc2)c1. The van der Waals surface area contributed by atoms with Gasteiger partial charge in [-0.3, -0.25) is 0 Å². The van der Waals surface area contributed by atoms with E-state index in [-0.39, 0.29) is 19.4 Å². The van der Waals surface area contributed by atoms with Crippen molar-refractivity contribution in [2.75, 3.05) is 0 Å². The average Bonchev–Trinajstić information content (AvgIpc) is 3.19. The molecule has 2 amide bonds. The molecule has 67 heavy (non-hydrogen) atoms. The second-order valence-electron chi connectivity index (χ2n) is 19.2. The van der Waals surface area contributed by atoms with Gasteiger partial charge in [-0.2, -0.15) is 0 Å². The molecule has 2 atom stereocenters. The normalized spacial score (nSPS) is 13.5. The van der Waals surface area contributed by atoms with Crippen LogP contribution in [0.3, 0.4) is 0 Å². The van der Waals surface area contributed by atoms with Crippen LogP contribution >= 0.6 is 0 Å². The summed E-state index contributed by atoms with van der Waals surface area (Å²) in [6.45, 7) is 34.6. The molecule has 0 unspecified atom stereocenters. The molecule has 0 radical (unpaired) electrons. The minimum atomic E-state index is -2.00. The molecule has 0 heterocycles. The summed E-state index contributed by atoms with van der Waals surface area (Å²) in [5.74, 6) is -3.67. The van der Waals surface area contributed by atoms with Gasteiger partial charge in [-0.05, 0) is 101 Å². The van der Waals surface area contributed by atoms with Crippen molar-refractivity contribution in [3.05, 3.63) is 143 Å². The Kier molecular flexibility index (Phi) is 19.6. The molecule has 3 aromatic carbocycles. The summed E-state index contributed by atoms with van der Waals surface area (Å²) in [6.07, 6.45) is 2.22. The fourth-order valence-corrected chi connectivity index (χ4v) is 5.71. The number of carbonyl (C=O) groups excluding carboxylic acids is 5. The average molecular weight is 923 g/mol. The number of alkyl carbamates (subject to hydrolysis) is 2. The summed E-state index contributed by atoms with van der Waals surface area (Å²) in [6, 6.07) is 22.0. The lowest BCUT2D eigenvalue weighted by molar-refractivity contribution is -0.151. The first kappa shape index (κ1) is 55.7. The molecule has 0 saturated carbocycles. The highest BCUT2D eigenvalue weighted by atomic mass is 16.6. The van der Waals surface area contributed by atoms with Gasteiger partial charge in [-0.15, -0.1) is 0 Å². The number of nitrogens with one attached hydrogen (secondary N) is 2. The molecule has 0 aliphatic heterocycles. The quantitative estimate of drug-likeness (QED) is 0.0599. The van der Waals surface area contributed by atoms with E-state index >= 15 is 0 Å². The fraction of sp³-hybridized carbons (Fsp3) is 0.412. The molecule has 358 valence electrons. The smallest absolute Gasteiger partial charge is 0.408 e. The molecule has 3 rings (SSSR count). The predicted octanol–water partition coefficient (Wildman–Crippen LogP) is 9.71. The van der Waals surface area contributed by atoms with Gasteiger partial charge in [0.2, 0.25) is 0 Å². The van der Waals surface area contributed by atoms with Crippen LogP contribution in [-0.2, 0) is 62.3 Å². The summed E-state index contributed by atoms with van der Waals surface area (Å²) in [7, 11) is 0. The number of esters is 3. The Morgan fingerprint density at radius 1 is 0.537 bits per heavy atom. The number of carboxylic acid groups (broad SMARTS) is 1. The topological polar surface area (TPSA) is 202 Å². The van der Waals surface area contributed by atoms with E-state index in [0.29, 0.717) is 22.5 Å². The third-order valence-corrected chi connectivity index (χ3v) is 8.27. The number of hydrogen-bond acceptors (Lipinski definition) is 11. The second kappa shape index (κ2) is 23.6. The lowest BCUT2D eigenvalue weighted by atomic mass is 9.89. The molecule has 0 aliphatic carbocycles. The Morgan fingerprint density at radius 2 is 0.910 bits per heavy atom. The summed E-state index contributed by atoms with van der Waals surface area (Å²) in [5, 5.41) is 14.9. The lowest BCUT2D eigenvalue weighted by Gasteiger charge is -2.31. The van der Waals surface area contributed by atoms with E-state index in [2.05, 4.69) is 20.3 Å². The Labute approximate surface area is 393 Å². The molecular formula is C51H62N4O12. The highest BCUT2D eigenvalue weighted by Crippen LogP contribution is 2.25. The van der Waals surface area contributed by atoms with Crippen LogP contribution < -0.4 is 10.6 Å². The second-order valence-corrected chi connectivity index (χ2v) is 19.2. The maximum absolute atomic E-state index is 13.6. The maximum Gasteiger partial charge on any atom is 0.408 e. The maximum atomic E-state index is 13.6. The van der Waals surface area contributed by atoms with Crippen molar-refractivity contribution >= 4 is 47.4 Å². The minimum absolute atomic E-state index is 0.0558. The van der Waals surface area contributed by atoms with Gasteiger partial charge in [-0.25, -0.2) is 38.5 Å². The molecule has 0 fully saturated rings. The van der Waals surface area contributed by atoms with Crippen LogP contribution in [0.1, 0.15) is 99.8 Å². The molecule has 0 saturated heterocycles. The molecule has 3 aromatic rings. The van der Waals surface area contributed by atoms with Gasteiger partial charge in [0.1, 0.15) is 29.0 Å². The number of amides is 2. The van der Waals surface area contributed by atoms with Crippen molar-refractivity contribution in [2.24, 2.45) is 0 Å². The molecule has 16 heteroatoms. The molecule has 0 aliphatic rings. The third-order valence-electron chi connectivity index (χ3n) is 8.27. The van der Waals surface area contributed by atoms with Gasteiger partial charge in [0.25, 0.3) is 0 Å². The van der Waals surface area contributed by atoms with Gasteiger partial charge >= 0.3 is 36.1 Å². The highest BCUT2D eigenvalue weighted by molar-refractivity contribution is 5.92. The molecule has 0 aromatic heterocycles. The monoisotopic (exact) mass is 922 g/mol. The van der Waals surface area contributed by atoms with Crippen LogP contribution in [0.4, 0.5) is 21.0 Å². The molecule has 0 bridgehead atoms. The zero-order valence-electron chi connectivity index (χ0n) is 40.3. The number of nitrogens with zero attached hydrogens (tertiary/aromatic N) is 2. The number of hydrogen-bond donors (Lipinski definition) is 3. The van der Waals surface area contributed by atoms with E-state index < -0.39 is 69.5 Å². The number of carbonyl (C=O) groups is 6. The van der Waals surface area contributed by atoms with Crippen LogP contribution in [0.15, 0.2) is 103 Å². The predicted molar refractivity (Wildman–Crippen MR) is 251 cm³/mol. The zero-order valence-corrected chi connectivity index (χ0v) is 40.3. The summed E-state index contributed by atoms with van der Waals surface area (Å²) >= 11 is 0. The number of ether oxygens (including phenoxy) is 5. The first-order valence-corrected chi connectivity index (χ1v) is 21.1. The van der Waals surface area contributed by atoms with E-state index in [1.54, 1.807) is 138 Å². The van der Waals surface area contributed by atoms with Crippen LogP contribution in [0.5, 0.6) is 0 Å². The summed E-state index contributed by atoms with van der Waals surface area (Å²) < 4.78 is 26.8. The number of aliphatic carboxylic acids is 1. The number of rotatable bonds is 14. The zero-order chi connectivity index (χ0) is 50.9. The van der Waals surface area contributed by atoms with E-state index in [1.807, 2.05) is 18.2 Å². The van der Waals surface area contributed by atoms with Crippen molar-refractivity contribution in [3.8, 4) is 0 Å². The van der Waals surface area contributed by atoms with Crippen molar-refractivity contribution in [1.29, 1.82) is 0 Å². The molecule has 16 nitrogen and oxygen atoms in total. The van der Waals surface area contributed by atoms with Gasteiger partial charge in [-0.1, -0.05) is 90.0 Å². The molecular weight excluding hydrogens is 861 g/mol. The number of benzene rings is 3. The van der Waals surface area contributed by atoms with Crippen molar-refractivity contribution in [3.63, 3.8) is 0 Å². The first-order chi connectivity index (χ1) is 30.9. The Morgan fingerprint density at radius 3 is 1.30 bits per heavy atom. The van der Waals surface area contributed by atoms with Crippen molar-refractivity contribution in [1.82, 2.24) is 10.6 Å². The van der Waals surface area contributed by atoms with Gasteiger partial charge in [0, 0.05) is 25.0 Å². The Hall–Kier alpha value is -7.46. The standard InChI is InChI=1S/C29H34N2O6.C22H28N2O6/c1-27(2,3)36-24(32)16-17-29(31-26(34)37-28(4,5)6,19-22-14-11-15-23(18-22)30-7)25(33)35-20-21-12-9-8-10-13-21;1-20(2,3)29-17(25)11-12-22(18(26)27,24-19(28)30-21(4,5)6)14-15-9-8-10-16(13-15)23-7/h8-18H,19-20H2,1-6H3,(H,31,34);8-13H,14H2,1-6H3,(H,24,28)(H,26,27)/b17-16+;12-11+/t29-;22-/m11/s1. The highest BCUT2D eigenvalue weighted by Gasteiger charge is 2.42. The summed E-state index contributed by atoms with van der Waals surface area (Å²) in [4.78, 5) is 82.6. The van der Waals surface area contributed by atoms with E-state index in [4.69, 9.17) is 36.8 Å². The van der Waals surface area contributed by atoms with Crippen molar-refractivity contribution < 1.29 is 57.6 Å².